The maximum absolute atomic E-state index is 11.9. The molecule has 84 valence electrons. The summed E-state index contributed by atoms with van der Waals surface area (Å²) >= 11 is 3.38. The quantitative estimate of drug-likeness (QED) is 0.900. The summed E-state index contributed by atoms with van der Waals surface area (Å²) in [4.78, 5) is 11.9. The zero-order chi connectivity index (χ0) is 11.0. The molecular weight excluding hydrogens is 256 g/mol. The van der Waals surface area contributed by atoms with Gasteiger partial charge in [-0.05, 0) is 48.0 Å². The van der Waals surface area contributed by atoms with Gasteiger partial charge in [0.15, 0.2) is 0 Å². The van der Waals surface area contributed by atoms with Crippen molar-refractivity contribution in [3.05, 3.63) is 20.5 Å². The van der Waals surface area contributed by atoms with Crippen LogP contribution in [0.1, 0.15) is 44.8 Å². The van der Waals surface area contributed by atoms with E-state index in [0.29, 0.717) is 12.0 Å². The molecule has 1 aliphatic rings. The second-order valence-corrected chi connectivity index (χ2v) is 5.20. The lowest BCUT2D eigenvalue weighted by molar-refractivity contribution is 0.425. The van der Waals surface area contributed by atoms with Crippen LogP contribution in [0.15, 0.2) is 9.27 Å². The monoisotopic (exact) mass is 272 g/mol. The van der Waals surface area contributed by atoms with Gasteiger partial charge in [0.25, 0.3) is 5.56 Å². The molecule has 1 saturated carbocycles. The molecule has 0 bridgehead atoms. The van der Waals surface area contributed by atoms with E-state index in [1.54, 1.807) is 4.68 Å². The van der Waals surface area contributed by atoms with E-state index in [1.165, 1.54) is 12.8 Å². The smallest absolute Gasteiger partial charge is 0.281 e. The van der Waals surface area contributed by atoms with Gasteiger partial charge in [0.1, 0.15) is 4.47 Å². The number of halogens is 1. The molecular formula is C11H17BrN2O. The molecule has 1 fully saturated rings. The third-order valence-electron chi connectivity index (χ3n) is 3.14. The van der Waals surface area contributed by atoms with Crippen molar-refractivity contribution in [1.82, 2.24) is 9.78 Å². The minimum absolute atomic E-state index is 0.0952. The summed E-state index contributed by atoms with van der Waals surface area (Å²) in [6, 6.07) is 0.319. The highest BCUT2D eigenvalue weighted by Gasteiger charge is 2.31. The van der Waals surface area contributed by atoms with Crippen LogP contribution in [-0.2, 0) is 6.42 Å². The Morgan fingerprint density at radius 3 is 2.80 bits per heavy atom. The van der Waals surface area contributed by atoms with Gasteiger partial charge in [-0.15, -0.1) is 0 Å². The largest absolute Gasteiger partial charge is 0.298 e. The molecule has 0 aromatic carbocycles. The zero-order valence-electron chi connectivity index (χ0n) is 9.22. The summed E-state index contributed by atoms with van der Waals surface area (Å²) in [5.41, 5.74) is 1.13. The molecule has 2 rings (SSSR count). The third kappa shape index (κ3) is 2.05. The summed E-state index contributed by atoms with van der Waals surface area (Å²) in [6.45, 7) is 4.24. The Morgan fingerprint density at radius 2 is 2.27 bits per heavy atom. The Hall–Kier alpha value is -0.510. The topological polar surface area (TPSA) is 37.8 Å². The van der Waals surface area contributed by atoms with E-state index in [0.717, 1.165) is 23.0 Å². The fourth-order valence-corrected chi connectivity index (χ4v) is 2.45. The highest BCUT2D eigenvalue weighted by atomic mass is 79.9. The normalized spacial score (nSPS) is 18.1. The Labute approximate surface area is 98.0 Å². The van der Waals surface area contributed by atoms with Crippen molar-refractivity contribution < 1.29 is 0 Å². The zero-order valence-corrected chi connectivity index (χ0v) is 10.8. The lowest BCUT2D eigenvalue weighted by Crippen LogP contribution is -2.22. The van der Waals surface area contributed by atoms with Crippen LogP contribution in [0.3, 0.4) is 0 Å². The highest BCUT2D eigenvalue weighted by molar-refractivity contribution is 9.10. The molecule has 1 aliphatic carbocycles. The molecule has 1 aromatic heterocycles. The Kier molecular flexibility index (Phi) is 3.05. The summed E-state index contributed by atoms with van der Waals surface area (Å²) in [5, 5.41) is 3.23. The van der Waals surface area contributed by atoms with Gasteiger partial charge in [0.05, 0.1) is 11.7 Å². The molecule has 0 aliphatic heterocycles. The molecule has 1 aromatic rings. The van der Waals surface area contributed by atoms with E-state index >= 15 is 0 Å². The molecule has 15 heavy (non-hydrogen) atoms. The van der Waals surface area contributed by atoms with E-state index in [1.807, 2.05) is 0 Å². The third-order valence-corrected chi connectivity index (χ3v) is 3.96. The van der Waals surface area contributed by atoms with Crippen molar-refractivity contribution in [3.8, 4) is 0 Å². The fourth-order valence-electron chi connectivity index (χ4n) is 1.97. The SMILES string of the molecule is CCCc1[nH]n(C(C)C2CC2)c(=O)c1Br. The van der Waals surface area contributed by atoms with Crippen molar-refractivity contribution in [2.45, 2.75) is 45.6 Å². The van der Waals surface area contributed by atoms with Crippen LogP contribution in [-0.4, -0.2) is 9.78 Å². The number of rotatable bonds is 4. The lowest BCUT2D eigenvalue weighted by Gasteiger charge is -2.10. The van der Waals surface area contributed by atoms with Crippen molar-refractivity contribution in [2.75, 3.05) is 0 Å². The number of hydrogen-bond donors (Lipinski definition) is 1. The predicted molar refractivity (Wildman–Crippen MR) is 64.2 cm³/mol. The van der Waals surface area contributed by atoms with E-state index in [-0.39, 0.29) is 5.56 Å². The van der Waals surface area contributed by atoms with Crippen LogP contribution in [0, 0.1) is 5.92 Å². The molecule has 0 spiro atoms. The van der Waals surface area contributed by atoms with Crippen LogP contribution in [0.5, 0.6) is 0 Å². The van der Waals surface area contributed by atoms with Crippen molar-refractivity contribution in [2.24, 2.45) is 5.92 Å². The summed E-state index contributed by atoms with van der Waals surface area (Å²) < 4.78 is 2.50. The van der Waals surface area contributed by atoms with Crippen LogP contribution in [0.4, 0.5) is 0 Å². The average molecular weight is 273 g/mol. The minimum atomic E-state index is 0.0952. The number of H-pyrrole nitrogens is 1. The molecule has 0 amide bonds. The first kappa shape index (κ1) is 11.0. The maximum atomic E-state index is 11.9. The van der Waals surface area contributed by atoms with E-state index in [4.69, 9.17) is 0 Å². The van der Waals surface area contributed by atoms with Crippen molar-refractivity contribution in [3.63, 3.8) is 0 Å². The maximum Gasteiger partial charge on any atom is 0.281 e. The first-order valence-corrected chi connectivity index (χ1v) is 6.43. The van der Waals surface area contributed by atoms with Crippen molar-refractivity contribution in [1.29, 1.82) is 0 Å². The number of hydrogen-bond acceptors (Lipinski definition) is 1. The minimum Gasteiger partial charge on any atom is -0.298 e. The van der Waals surface area contributed by atoms with E-state index in [9.17, 15) is 4.79 Å². The summed E-state index contributed by atoms with van der Waals surface area (Å²) in [7, 11) is 0. The predicted octanol–water partition coefficient (Wildman–Crippen LogP) is 2.86. The van der Waals surface area contributed by atoms with Crippen LogP contribution < -0.4 is 5.56 Å². The van der Waals surface area contributed by atoms with Gasteiger partial charge in [-0.2, -0.15) is 0 Å². The van der Waals surface area contributed by atoms with Crippen molar-refractivity contribution >= 4 is 15.9 Å². The Bertz CT molecular complexity index is 403. The van der Waals surface area contributed by atoms with E-state index < -0.39 is 0 Å². The molecule has 4 heteroatoms. The first-order valence-electron chi connectivity index (χ1n) is 5.64. The van der Waals surface area contributed by atoms with E-state index in [2.05, 4.69) is 34.9 Å². The van der Waals surface area contributed by atoms with Crippen LogP contribution in [0.25, 0.3) is 0 Å². The van der Waals surface area contributed by atoms with Gasteiger partial charge >= 0.3 is 0 Å². The molecule has 1 N–H and O–H groups in total. The number of aryl methyl sites for hydroxylation is 1. The molecule has 0 radical (unpaired) electrons. The molecule has 1 heterocycles. The Morgan fingerprint density at radius 1 is 1.60 bits per heavy atom. The number of aromatic amines is 1. The van der Waals surface area contributed by atoms with Crippen LogP contribution in [0.2, 0.25) is 0 Å². The second-order valence-electron chi connectivity index (χ2n) is 4.41. The van der Waals surface area contributed by atoms with Gasteiger partial charge in [0, 0.05) is 0 Å². The lowest BCUT2D eigenvalue weighted by atomic mass is 10.2. The van der Waals surface area contributed by atoms with Gasteiger partial charge < -0.3 is 0 Å². The Balaban J connectivity index is 2.31. The molecule has 3 nitrogen and oxygen atoms in total. The van der Waals surface area contributed by atoms with Gasteiger partial charge in [0.2, 0.25) is 0 Å². The number of nitrogens with one attached hydrogen (secondary N) is 1. The second kappa shape index (κ2) is 4.16. The van der Waals surface area contributed by atoms with Gasteiger partial charge in [-0.1, -0.05) is 13.3 Å². The fraction of sp³-hybridized carbons (Fsp3) is 0.727. The average Bonchev–Trinajstić information content (AvgIpc) is 3.01. The van der Waals surface area contributed by atoms with Gasteiger partial charge in [-0.25, -0.2) is 4.68 Å². The summed E-state index contributed by atoms with van der Waals surface area (Å²) in [6.07, 6.45) is 4.50. The number of aromatic nitrogens is 2. The van der Waals surface area contributed by atoms with Gasteiger partial charge in [-0.3, -0.25) is 9.89 Å². The summed E-state index contributed by atoms with van der Waals surface area (Å²) in [5.74, 6) is 0.697. The highest BCUT2D eigenvalue weighted by Crippen LogP contribution is 2.38. The molecule has 0 saturated heterocycles. The molecule has 1 unspecified atom stereocenters. The first-order chi connectivity index (χ1) is 7.15. The molecule has 1 atom stereocenters. The standard InChI is InChI=1S/C11H17BrN2O/c1-3-4-9-10(12)11(15)14(13-9)7(2)8-5-6-8/h7-8,13H,3-6H2,1-2H3. The van der Waals surface area contributed by atoms with Crippen LogP contribution >= 0.6 is 15.9 Å². The number of nitrogens with zero attached hydrogens (tertiary/aromatic N) is 1.